The standard InChI is InChI=1S/C11H14N2O/c1-4-5-6-7-13-10(3)12-9(2)8-11(13)14/h1,8H,5-7H2,2-3H3. The lowest BCUT2D eigenvalue weighted by Gasteiger charge is -2.07. The third-order valence-electron chi connectivity index (χ3n) is 2.03. The first-order valence-electron chi connectivity index (χ1n) is 4.63. The third kappa shape index (κ3) is 2.46. The van der Waals surface area contributed by atoms with Crippen LogP contribution in [0.5, 0.6) is 0 Å². The van der Waals surface area contributed by atoms with Crippen LogP contribution in [0.15, 0.2) is 10.9 Å². The summed E-state index contributed by atoms with van der Waals surface area (Å²) in [5.41, 5.74) is 0.771. The van der Waals surface area contributed by atoms with Gasteiger partial charge in [0.2, 0.25) is 0 Å². The Morgan fingerprint density at radius 1 is 1.57 bits per heavy atom. The van der Waals surface area contributed by atoms with Crippen LogP contribution in [0.3, 0.4) is 0 Å². The van der Waals surface area contributed by atoms with Gasteiger partial charge in [0.25, 0.3) is 5.56 Å². The maximum absolute atomic E-state index is 11.5. The molecule has 1 heterocycles. The summed E-state index contributed by atoms with van der Waals surface area (Å²) < 4.78 is 1.66. The van der Waals surface area contributed by atoms with Crippen LogP contribution in [-0.4, -0.2) is 9.55 Å². The van der Waals surface area contributed by atoms with Crippen molar-refractivity contribution in [1.82, 2.24) is 9.55 Å². The molecule has 0 bridgehead atoms. The van der Waals surface area contributed by atoms with Crippen molar-refractivity contribution in [3.63, 3.8) is 0 Å². The van der Waals surface area contributed by atoms with Crippen LogP contribution in [-0.2, 0) is 6.54 Å². The highest BCUT2D eigenvalue weighted by molar-refractivity contribution is 5.01. The van der Waals surface area contributed by atoms with Crippen molar-refractivity contribution in [2.24, 2.45) is 0 Å². The van der Waals surface area contributed by atoms with Crippen molar-refractivity contribution >= 4 is 0 Å². The van der Waals surface area contributed by atoms with Gasteiger partial charge >= 0.3 is 0 Å². The van der Waals surface area contributed by atoms with Gasteiger partial charge in [0.05, 0.1) is 0 Å². The van der Waals surface area contributed by atoms with Gasteiger partial charge in [-0.05, 0) is 20.3 Å². The summed E-state index contributed by atoms with van der Waals surface area (Å²) >= 11 is 0. The molecule has 0 amide bonds. The maximum Gasteiger partial charge on any atom is 0.253 e. The van der Waals surface area contributed by atoms with E-state index in [2.05, 4.69) is 10.9 Å². The Morgan fingerprint density at radius 2 is 2.29 bits per heavy atom. The lowest BCUT2D eigenvalue weighted by Crippen LogP contribution is -2.23. The molecule has 0 aromatic carbocycles. The van der Waals surface area contributed by atoms with Crippen LogP contribution in [0.2, 0.25) is 0 Å². The SMILES string of the molecule is C#CCCCn1c(C)nc(C)cc1=O. The van der Waals surface area contributed by atoms with Crippen LogP contribution in [0.1, 0.15) is 24.4 Å². The molecule has 0 aliphatic rings. The topological polar surface area (TPSA) is 34.9 Å². The van der Waals surface area contributed by atoms with Gasteiger partial charge in [-0.1, -0.05) is 0 Å². The van der Waals surface area contributed by atoms with Gasteiger partial charge in [0.1, 0.15) is 5.82 Å². The molecule has 0 spiro atoms. The number of aryl methyl sites for hydroxylation is 2. The molecule has 0 saturated heterocycles. The van der Waals surface area contributed by atoms with E-state index in [9.17, 15) is 4.79 Å². The summed E-state index contributed by atoms with van der Waals surface area (Å²) in [6, 6.07) is 1.54. The van der Waals surface area contributed by atoms with Gasteiger partial charge in [-0.3, -0.25) is 9.36 Å². The zero-order valence-corrected chi connectivity index (χ0v) is 8.58. The van der Waals surface area contributed by atoms with Crippen LogP contribution >= 0.6 is 0 Å². The number of rotatable bonds is 3. The van der Waals surface area contributed by atoms with Crippen LogP contribution in [0, 0.1) is 26.2 Å². The lowest BCUT2D eigenvalue weighted by atomic mass is 10.3. The Morgan fingerprint density at radius 3 is 2.86 bits per heavy atom. The fraction of sp³-hybridized carbons (Fsp3) is 0.455. The first kappa shape index (κ1) is 10.5. The minimum absolute atomic E-state index is 0.00650. The summed E-state index contributed by atoms with van der Waals surface area (Å²) in [6.07, 6.45) is 6.66. The van der Waals surface area contributed by atoms with Gasteiger partial charge < -0.3 is 0 Å². The molecule has 1 aromatic heterocycles. The zero-order chi connectivity index (χ0) is 10.6. The van der Waals surface area contributed by atoms with Crippen LogP contribution in [0.25, 0.3) is 0 Å². The molecule has 0 saturated carbocycles. The third-order valence-corrected chi connectivity index (χ3v) is 2.03. The molecule has 0 aliphatic carbocycles. The smallest absolute Gasteiger partial charge is 0.253 e. The summed E-state index contributed by atoms with van der Waals surface area (Å²) in [5.74, 6) is 3.31. The van der Waals surface area contributed by atoms with Crippen molar-refractivity contribution < 1.29 is 0 Å². The largest absolute Gasteiger partial charge is 0.297 e. The van der Waals surface area contributed by atoms with E-state index < -0.39 is 0 Å². The molecule has 0 fully saturated rings. The molecular formula is C11H14N2O. The fourth-order valence-corrected chi connectivity index (χ4v) is 1.38. The number of nitrogens with zero attached hydrogens (tertiary/aromatic N) is 2. The average Bonchev–Trinajstić information content (AvgIpc) is 2.09. The van der Waals surface area contributed by atoms with Crippen molar-refractivity contribution in [2.75, 3.05) is 0 Å². The van der Waals surface area contributed by atoms with Crippen molar-refractivity contribution in [1.29, 1.82) is 0 Å². The predicted molar refractivity (Wildman–Crippen MR) is 56.0 cm³/mol. The minimum Gasteiger partial charge on any atom is -0.297 e. The lowest BCUT2D eigenvalue weighted by molar-refractivity contribution is 0.598. The number of unbranched alkanes of at least 4 members (excludes halogenated alkanes) is 1. The molecule has 0 aliphatic heterocycles. The Balaban J connectivity index is 2.87. The summed E-state index contributed by atoms with van der Waals surface area (Å²) in [4.78, 5) is 15.8. The molecule has 1 aromatic rings. The molecule has 0 atom stereocenters. The van der Waals surface area contributed by atoms with E-state index in [1.54, 1.807) is 10.6 Å². The number of aromatic nitrogens is 2. The van der Waals surface area contributed by atoms with Gasteiger partial charge in [-0.15, -0.1) is 12.3 Å². The van der Waals surface area contributed by atoms with Gasteiger partial charge in [0.15, 0.2) is 0 Å². The summed E-state index contributed by atoms with van der Waals surface area (Å²) in [6.45, 7) is 4.31. The van der Waals surface area contributed by atoms with Crippen molar-refractivity contribution in [3.8, 4) is 12.3 Å². The highest BCUT2D eigenvalue weighted by Crippen LogP contribution is 1.96. The van der Waals surface area contributed by atoms with Gasteiger partial charge in [-0.25, -0.2) is 4.98 Å². The van der Waals surface area contributed by atoms with E-state index in [0.29, 0.717) is 13.0 Å². The summed E-state index contributed by atoms with van der Waals surface area (Å²) in [5, 5.41) is 0. The molecule has 3 nitrogen and oxygen atoms in total. The van der Waals surface area contributed by atoms with E-state index in [1.807, 2.05) is 13.8 Å². The quantitative estimate of drug-likeness (QED) is 0.531. The van der Waals surface area contributed by atoms with Crippen LogP contribution in [0.4, 0.5) is 0 Å². The number of hydrogen-bond acceptors (Lipinski definition) is 2. The zero-order valence-electron chi connectivity index (χ0n) is 8.58. The number of terminal acetylenes is 1. The normalized spacial score (nSPS) is 9.79. The molecule has 74 valence electrons. The highest BCUT2D eigenvalue weighted by atomic mass is 16.1. The Hall–Kier alpha value is -1.56. The average molecular weight is 190 g/mol. The Labute approximate surface area is 83.8 Å². The second-order valence-corrected chi connectivity index (χ2v) is 3.24. The first-order chi connectivity index (χ1) is 6.65. The van der Waals surface area contributed by atoms with E-state index in [4.69, 9.17) is 6.42 Å². The van der Waals surface area contributed by atoms with Crippen LogP contribution < -0.4 is 5.56 Å². The molecule has 3 heteroatoms. The van der Waals surface area contributed by atoms with Gasteiger partial charge in [0, 0.05) is 24.7 Å². The van der Waals surface area contributed by atoms with E-state index in [0.717, 1.165) is 17.9 Å². The predicted octanol–water partition coefficient (Wildman–Crippen LogP) is 1.27. The van der Waals surface area contributed by atoms with Gasteiger partial charge in [-0.2, -0.15) is 0 Å². The fourth-order valence-electron chi connectivity index (χ4n) is 1.38. The monoisotopic (exact) mass is 190 g/mol. The van der Waals surface area contributed by atoms with E-state index in [-0.39, 0.29) is 5.56 Å². The molecule has 0 unspecified atom stereocenters. The molecule has 0 radical (unpaired) electrons. The first-order valence-corrected chi connectivity index (χ1v) is 4.63. The maximum atomic E-state index is 11.5. The highest BCUT2D eigenvalue weighted by Gasteiger charge is 2.01. The molecular weight excluding hydrogens is 176 g/mol. The Kier molecular flexibility index (Phi) is 3.47. The molecule has 1 rings (SSSR count). The van der Waals surface area contributed by atoms with E-state index >= 15 is 0 Å². The van der Waals surface area contributed by atoms with Crippen molar-refractivity contribution in [2.45, 2.75) is 33.2 Å². The molecule has 14 heavy (non-hydrogen) atoms. The second-order valence-electron chi connectivity index (χ2n) is 3.24. The van der Waals surface area contributed by atoms with E-state index in [1.165, 1.54) is 0 Å². The Bertz CT molecular complexity index is 412. The number of hydrogen-bond donors (Lipinski definition) is 0. The second kappa shape index (κ2) is 4.61. The van der Waals surface area contributed by atoms with Crippen molar-refractivity contribution in [3.05, 3.63) is 27.9 Å². The molecule has 0 N–H and O–H groups in total. The minimum atomic E-state index is 0.00650. The summed E-state index contributed by atoms with van der Waals surface area (Å²) in [7, 11) is 0.